The molecule has 1 aromatic heterocycles. The Morgan fingerprint density at radius 3 is 2.54 bits per heavy atom. The van der Waals surface area contributed by atoms with Crippen LogP contribution in [0.2, 0.25) is 0 Å². The van der Waals surface area contributed by atoms with E-state index < -0.39 is 25.8 Å². The molecule has 0 aliphatic rings. The number of aromatic nitrogens is 2. The summed E-state index contributed by atoms with van der Waals surface area (Å²) in [5.74, 6) is -0.759. The first-order valence-corrected chi connectivity index (χ1v) is 4.57. The second-order valence-corrected chi connectivity index (χ2v) is 3.76. The Bertz CT molecular complexity index is 447. The van der Waals surface area contributed by atoms with Crippen LogP contribution in [0.15, 0.2) is 11.4 Å². The topological polar surface area (TPSA) is 121 Å². The Morgan fingerprint density at radius 1 is 1.69 bits per heavy atom. The maximum absolute atomic E-state index is 10.9. The molecule has 2 N–H and O–H groups in total. The number of hydrogen-bond acceptors (Lipinski definition) is 5. The number of nitrogens with zero attached hydrogens (tertiary/aromatic N) is 3. The highest BCUT2D eigenvalue weighted by Crippen LogP contribution is 2.18. The minimum Gasteiger partial charge on any atom is -0.358 e. The molecule has 0 amide bonds. The van der Waals surface area contributed by atoms with Crippen LogP contribution < -0.4 is 5.14 Å². The molecule has 0 unspecified atom stereocenters. The van der Waals surface area contributed by atoms with E-state index in [9.17, 15) is 18.5 Å². The summed E-state index contributed by atoms with van der Waals surface area (Å²) in [5.41, 5.74) is 0. The van der Waals surface area contributed by atoms with Crippen LogP contribution in [0.3, 0.4) is 0 Å². The van der Waals surface area contributed by atoms with Gasteiger partial charge >= 0.3 is 5.82 Å². The van der Waals surface area contributed by atoms with Gasteiger partial charge in [-0.05, 0) is 9.91 Å². The molecule has 0 saturated carbocycles. The number of nitro groups is 1. The molecule has 0 spiro atoms. The number of hydrogen-bond donors (Lipinski definition) is 1. The zero-order valence-electron chi connectivity index (χ0n) is 6.54. The lowest BCUT2D eigenvalue weighted by atomic mass is 10.8. The summed E-state index contributed by atoms with van der Waals surface area (Å²) in [5, 5.41) is 14.4. The Hall–Kier alpha value is -1.48. The standard InChI is InChI=1S/C4H6N4O4S/c1-7-2-6-3(8(9)10)4(7)13(5,11)12/h2H,1H3,(H2,5,11,12). The zero-order valence-corrected chi connectivity index (χ0v) is 7.35. The van der Waals surface area contributed by atoms with Gasteiger partial charge in [-0.25, -0.2) is 13.6 Å². The van der Waals surface area contributed by atoms with E-state index in [1.807, 2.05) is 0 Å². The lowest BCUT2D eigenvalue weighted by molar-refractivity contribution is -0.392. The molecule has 0 atom stereocenters. The SMILES string of the molecule is Cn1cnc([N+](=O)[O-])c1S(N)(=O)=O. The first kappa shape index (κ1) is 9.61. The monoisotopic (exact) mass is 206 g/mol. The fraction of sp³-hybridized carbons (Fsp3) is 0.250. The molecule has 1 heterocycles. The average Bonchev–Trinajstić information content (AvgIpc) is 2.28. The van der Waals surface area contributed by atoms with E-state index in [4.69, 9.17) is 5.14 Å². The molecule has 0 aromatic carbocycles. The van der Waals surface area contributed by atoms with Crippen LogP contribution in [0.25, 0.3) is 0 Å². The van der Waals surface area contributed by atoms with Crippen molar-refractivity contribution in [2.45, 2.75) is 5.03 Å². The molecule has 9 heteroatoms. The summed E-state index contributed by atoms with van der Waals surface area (Å²) in [6.07, 6.45) is 1.01. The highest BCUT2D eigenvalue weighted by atomic mass is 32.2. The number of nitrogens with two attached hydrogens (primary N) is 1. The minimum absolute atomic E-state index is 0.600. The Labute approximate surface area is 73.2 Å². The predicted molar refractivity (Wildman–Crippen MR) is 41.2 cm³/mol. The fourth-order valence-corrected chi connectivity index (χ4v) is 1.69. The van der Waals surface area contributed by atoms with Gasteiger partial charge in [0.2, 0.25) is 6.33 Å². The second kappa shape index (κ2) is 2.78. The summed E-state index contributed by atoms with van der Waals surface area (Å²) in [6.45, 7) is 0. The lowest BCUT2D eigenvalue weighted by Crippen LogP contribution is -2.17. The maximum Gasteiger partial charge on any atom is 0.402 e. The lowest BCUT2D eigenvalue weighted by Gasteiger charge is -1.96. The third kappa shape index (κ3) is 1.65. The van der Waals surface area contributed by atoms with Gasteiger partial charge in [-0.15, -0.1) is 0 Å². The van der Waals surface area contributed by atoms with Crippen molar-refractivity contribution in [2.75, 3.05) is 0 Å². The first-order valence-electron chi connectivity index (χ1n) is 3.02. The second-order valence-electron chi connectivity index (χ2n) is 2.29. The van der Waals surface area contributed by atoms with Crippen molar-refractivity contribution < 1.29 is 13.3 Å². The molecule has 1 aromatic rings. The molecule has 72 valence electrons. The molecule has 13 heavy (non-hydrogen) atoms. The van der Waals surface area contributed by atoms with Gasteiger partial charge in [-0.3, -0.25) is 4.57 Å². The van der Waals surface area contributed by atoms with E-state index in [1.165, 1.54) is 7.05 Å². The van der Waals surface area contributed by atoms with Crippen molar-refractivity contribution in [3.8, 4) is 0 Å². The third-order valence-electron chi connectivity index (χ3n) is 1.31. The van der Waals surface area contributed by atoms with Crippen LogP contribution >= 0.6 is 0 Å². The number of primary sulfonamides is 1. The number of sulfonamides is 1. The molecule has 0 aliphatic heterocycles. The summed E-state index contributed by atoms with van der Waals surface area (Å²) >= 11 is 0. The average molecular weight is 206 g/mol. The van der Waals surface area contributed by atoms with Crippen molar-refractivity contribution in [1.82, 2.24) is 9.55 Å². The summed E-state index contributed by atoms with van der Waals surface area (Å²) in [7, 11) is -2.80. The predicted octanol–water partition coefficient (Wildman–Crippen LogP) is -1.02. The van der Waals surface area contributed by atoms with Gasteiger partial charge in [0, 0.05) is 7.05 Å². The van der Waals surface area contributed by atoms with Gasteiger partial charge in [0.05, 0.1) is 0 Å². The van der Waals surface area contributed by atoms with Gasteiger partial charge < -0.3 is 10.1 Å². The third-order valence-corrected chi connectivity index (χ3v) is 2.32. The fourth-order valence-electron chi connectivity index (χ4n) is 0.860. The maximum atomic E-state index is 10.9. The van der Waals surface area contributed by atoms with Crippen LogP contribution in [0, 0.1) is 10.1 Å². The number of rotatable bonds is 2. The van der Waals surface area contributed by atoms with Crippen molar-refractivity contribution in [3.05, 3.63) is 16.4 Å². The highest BCUT2D eigenvalue weighted by Gasteiger charge is 2.28. The van der Waals surface area contributed by atoms with Gasteiger partial charge in [0.15, 0.2) is 0 Å². The molecule has 1 rings (SSSR count). The van der Waals surface area contributed by atoms with Gasteiger partial charge in [0.25, 0.3) is 15.0 Å². The van der Waals surface area contributed by atoms with E-state index in [-0.39, 0.29) is 0 Å². The van der Waals surface area contributed by atoms with Crippen molar-refractivity contribution >= 4 is 15.8 Å². The van der Waals surface area contributed by atoms with Gasteiger partial charge in [-0.1, -0.05) is 0 Å². The molecule has 0 aliphatic carbocycles. The van der Waals surface area contributed by atoms with Crippen LogP contribution in [-0.4, -0.2) is 22.9 Å². The van der Waals surface area contributed by atoms with Gasteiger partial charge in [0.1, 0.15) is 0 Å². The molecule has 8 nitrogen and oxygen atoms in total. The van der Waals surface area contributed by atoms with E-state index in [2.05, 4.69) is 4.98 Å². The number of imidazole rings is 1. The largest absolute Gasteiger partial charge is 0.402 e. The molecule has 0 bridgehead atoms. The van der Waals surface area contributed by atoms with Crippen LogP contribution in [0.5, 0.6) is 0 Å². The summed E-state index contributed by atoms with van der Waals surface area (Å²) in [6, 6.07) is 0. The highest BCUT2D eigenvalue weighted by molar-refractivity contribution is 7.89. The normalized spacial score (nSPS) is 11.5. The first-order chi connectivity index (χ1) is 5.84. The summed E-state index contributed by atoms with van der Waals surface area (Å²) < 4.78 is 22.7. The van der Waals surface area contributed by atoms with Crippen LogP contribution in [0.1, 0.15) is 0 Å². The molecule has 0 saturated heterocycles. The summed E-state index contributed by atoms with van der Waals surface area (Å²) in [4.78, 5) is 12.7. The Balaban J connectivity index is 3.51. The Kier molecular flexibility index (Phi) is 2.05. The molecule has 0 fully saturated rings. The van der Waals surface area contributed by atoms with Crippen molar-refractivity contribution in [2.24, 2.45) is 12.2 Å². The quantitative estimate of drug-likeness (QED) is 0.490. The Morgan fingerprint density at radius 2 is 2.23 bits per heavy atom. The molecule has 0 radical (unpaired) electrons. The number of aryl methyl sites for hydroxylation is 1. The van der Waals surface area contributed by atoms with Crippen molar-refractivity contribution in [1.29, 1.82) is 0 Å². The minimum atomic E-state index is -4.11. The van der Waals surface area contributed by atoms with Crippen LogP contribution in [0.4, 0.5) is 5.82 Å². The van der Waals surface area contributed by atoms with E-state index >= 15 is 0 Å². The van der Waals surface area contributed by atoms with Crippen molar-refractivity contribution in [3.63, 3.8) is 0 Å². The van der Waals surface area contributed by atoms with E-state index in [1.54, 1.807) is 0 Å². The van der Waals surface area contributed by atoms with E-state index in [0.29, 0.717) is 0 Å². The molecular formula is C4H6N4O4S. The zero-order chi connectivity index (χ0) is 10.2. The van der Waals surface area contributed by atoms with E-state index in [0.717, 1.165) is 10.9 Å². The molecular weight excluding hydrogens is 200 g/mol. The smallest absolute Gasteiger partial charge is 0.358 e. The van der Waals surface area contributed by atoms with Crippen LogP contribution in [-0.2, 0) is 17.1 Å². The van der Waals surface area contributed by atoms with Gasteiger partial charge in [-0.2, -0.15) is 0 Å².